The van der Waals surface area contributed by atoms with Crippen LogP contribution in [0, 0.1) is 5.92 Å². The fraction of sp³-hybridized carbons (Fsp3) is 0.385. The van der Waals surface area contributed by atoms with Gasteiger partial charge in [-0.2, -0.15) is 0 Å². The first kappa shape index (κ1) is 23.5. The average Bonchev–Trinajstić information content (AvgIpc) is 3.20. The van der Waals surface area contributed by atoms with E-state index >= 15 is 0 Å². The number of para-hydroxylation sites is 1. The summed E-state index contributed by atoms with van der Waals surface area (Å²) >= 11 is 0. The van der Waals surface area contributed by atoms with Gasteiger partial charge in [-0.15, -0.1) is 0 Å². The van der Waals surface area contributed by atoms with Crippen molar-refractivity contribution in [2.24, 2.45) is 5.92 Å². The first-order chi connectivity index (χ1) is 15.4. The van der Waals surface area contributed by atoms with E-state index in [0.29, 0.717) is 6.42 Å². The van der Waals surface area contributed by atoms with Crippen LogP contribution in [0.1, 0.15) is 38.8 Å². The summed E-state index contributed by atoms with van der Waals surface area (Å²) in [4.78, 5) is 31.2. The highest BCUT2D eigenvalue weighted by atomic mass is 16.2. The summed E-state index contributed by atoms with van der Waals surface area (Å²) in [5.41, 5.74) is 3.90. The standard InChI is InChI=1S/C26H34N4O2/c1-5-30(6-2)17-19-10-9-11-21(14-19)28-26(32)24(29-25(31)18(3)4)15-20-16-27-23-13-8-7-12-22(20)23/h7-14,16,18,24,27H,5-6,15,17H2,1-4H3,(H,28,32)(H,29,31). The molecule has 1 heterocycles. The van der Waals surface area contributed by atoms with E-state index in [0.717, 1.165) is 47.4 Å². The number of carbonyl (C=O) groups is 2. The molecular formula is C26H34N4O2. The molecule has 0 aliphatic rings. The molecule has 0 saturated heterocycles. The number of rotatable bonds is 10. The molecule has 32 heavy (non-hydrogen) atoms. The van der Waals surface area contributed by atoms with E-state index in [1.807, 2.05) is 62.5 Å². The van der Waals surface area contributed by atoms with Crippen molar-refractivity contribution in [2.75, 3.05) is 18.4 Å². The van der Waals surface area contributed by atoms with Crippen LogP contribution in [0.2, 0.25) is 0 Å². The predicted molar refractivity (Wildman–Crippen MR) is 130 cm³/mol. The molecule has 1 unspecified atom stereocenters. The van der Waals surface area contributed by atoms with E-state index in [2.05, 4.69) is 40.4 Å². The largest absolute Gasteiger partial charge is 0.361 e. The van der Waals surface area contributed by atoms with E-state index in [9.17, 15) is 9.59 Å². The summed E-state index contributed by atoms with van der Waals surface area (Å²) < 4.78 is 0. The lowest BCUT2D eigenvalue weighted by atomic mass is 10.0. The zero-order valence-corrected chi connectivity index (χ0v) is 19.4. The van der Waals surface area contributed by atoms with Gasteiger partial charge in [-0.3, -0.25) is 14.5 Å². The summed E-state index contributed by atoms with van der Waals surface area (Å²) in [6, 6.07) is 15.2. The van der Waals surface area contributed by atoms with Crippen molar-refractivity contribution >= 4 is 28.4 Å². The molecule has 0 spiro atoms. The molecule has 0 radical (unpaired) electrons. The van der Waals surface area contributed by atoms with Crippen LogP contribution >= 0.6 is 0 Å². The number of H-pyrrole nitrogens is 1. The third kappa shape index (κ3) is 5.98. The van der Waals surface area contributed by atoms with E-state index in [1.54, 1.807) is 0 Å². The van der Waals surface area contributed by atoms with Crippen LogP contribution in [0.5, 0.6) is 0 Å². The minimum absolute atomic E-state index is 0.139. The fourth-order valence-corrected chi connectivity index (χ4v) is 3.75. The molecule has 6 nitrogen and oxygen atoms in total. The summed E-state index contributed by atoms with van der Waals surface area (Å²) in [6.45, 7) is 10.7. The maximum absolute atomic E-state index is 13.2. The van der Waals surface area contributed by atoms with Gasteiger partial charge in [0.15, 0.2) is 0 Å². The van der Waals surface area contributed by atoms with Crippen LogP contribution in [0.4, 0.5) is 5.69 Å². The number of nitrogens with one attached hydrogen (secondary N) is 3. The average molecular weight is 435 g/mol. The summed E-state index contributed by atoms with van der Waals surface area (Å²) in [7, 11) is 0. The monoisotopic (exact) mass is 434 g/mol. The van der Waals surface area contributed by atoms with Crippen LogP contribution in [-0.4, -0.2) is 40.8 Å². The van der Waals surface area contributed by atoms with E-state index in [4.69, 9.17) is 0 Å². The number of fused-ring (bicyclic) bond motifs is 1. The number of amides is 2. The van der Waals surface area contributed by atoms with Gasteiger partial charge in [0.1, 0.15) is 6.04 Å². The Bertz CT molecular complexity index is 1050. The molecule has 0 saturated carbocycles. The van der Waals surface area contributed by atoms with Crippen LogP contribution in [0.25, 0.3) is 10.9 Å². The Labute approximate surface area is 190 Å². The van der Waals surface area contributed by atoms with Gasteiger partial charge in [-0.25, -0.2) is 0 Å². The lowest BCUT2D eigenvalue weighted by molar-refractivity contribution is -0.128. The normalized spacial score (nSPS) is 12.3. The number of aromatic nitrogens is 1. The van der Waals surface area contributed by atoms with Crippen LogP contribution < -0.4 is 10.6 Å². The molecule has 3 N–H and O–H groups in total. The van der Waals surface area contributed by atoms with Crippen molar-refractivity contribution < 1.29 is 9.59 Å². The predicted octanol–water partition coefficient (Wildman–Crippen LogP) is 4.33. The van der Waals surface area contributed by atoms with Gasteiger partial charge in [0, 0.05) is 41.7 Å². The molecule has 0 aliphatic heterocycles. The van der Waals surface area contributed by atoms with Crippen LogP contribution in [0.3, 0.4) is 0 Å². The third-order valence-electron chi connectivity index (χ3n) is 5.75. The van der Waals surface area contributed by atoms with Crippen molar-refractivity contribution in [3.63, 3.8) is 0 Å². The Balaban J connectivity index is 1.78. The molecule has 1 atom stereocenters. The maximum atomic E-state index is 13.2. The quantitative estimate of drug-likeness (QED) is 0.444. The van der Waals surface area contributed by atoms with Gasteiger partial charge in [-0.1, -0.05) is 58.0 Å². The number of hydrogen-bond donors (Lipinski definition) is 3. The molecular weight excluding hydrogens is 400 g/mol. The SMILES string of the molecule is CCN(CC)Cc1cccc(NC(=O)C(Cc2c[nH]c3ccccc23)NC(=O)C(C)C)c1. The molecule has 170 valence electrons. The smallest absolute Gasteiger partial charge is 0.247 e. The molecule has 0 bridgehead atoms. The Morgan fingerprint density at radius 3 is 2.47 bits per heavy atom. The van der Waals surface area contributed by atoms with E-state index < -0.39 is 6.04 Å². The Kier molecular flexibility index (Phi) is 8.06. The number of anilines is 1. The van der Waals surface area contributed by atoms with Crippen molar-refractivity contribution in [3.05, 3.63) is 65.9 Å². The van der Waals surface area contributed by atoms with Crippen molar-refractivity contribution in [3.8, 4) is 0 Å². The van der Waals surface area contributed by atoms with Crippen molar-refractivity contribution in [1.82, 2.24) is 15.2 Å². The first-order valence-electron chi connectivity index (χ1n) is 11.4. The van der Waals surface area contributed by atoms with Crippen molar-refractivity contribution in [2.45, 2.75) is 46.7 Å². The van der Waals surface area contributed by atoms with Gasteiger partial charge in [-0.05, 0) is 42.4 Å². The van der Waals surface area contributed by atoms with Gasteiger partial charge >= 0.3 is 0 Å². The molecule has 1 aromatic heterocycles. The highest BCUT2D eigenvalue weighted by molar-refractivity contribution is 5.98. The van der Waals surface area contributed by atoms with Crippen LogP contribution in [0.15, 0.2) is 54.7 Å². The fourth-order valence-electron chi connectivity index (χ4n) is 3.75. The number of hydrogen-bond acceptors (Lipinski definition) is 3. The zero-order chi connectivity index (χ0) is 23.1. The highest BCUT2D eigenvalue weighted by Gasteiger charge is 2.24. The topological polar surface area (TPSA) is 77.2 Å². The highest BCUT2D eigenvalue weighted by Crippen LogP contribution is 2.20. The number of carbonyl (C=O) groups excluding carboxylic acids is 2. The first-order valence-corrected chi connectivity index (χ1v) is 11.4. The van der Waals surface area contributed by atoms with Crippen LogP contribution in [-0.2, 0) is 22.6 Å². The minimum Gasteiger partial charge on any atom is -0.361 e. The van der Waals surface area contributed by atoms with Gasteiger partial charge in [0.05, 0.1) is 0 Å². The van der Waals surface area contributed by atoms with Crippen molar-refractivity contribution in [1.29, 1.82) is 0 Å². The lowest BCUT2D eigenvalue weighted by Gasteiger charge is -2.21. The maximum Gasteiger partial charge on any atom is 0.247 e. The third-order valence-corrected chi connectivity index (χ3v) is 5.75. The van der Waals surface area contributed by atoms with Gasteiger partial charge in [0.2, 0.25) is 11.8 Å². The number of aromatic amines is 1. The zero-order valence-electron chi connectivity index (χ0n) is 19.4. The molecule has 0 aliphatic carbocycles. The second kappa shape index (κ2) is 11.0. The second-order valence-electron chi connectivity index (χ2n) is 8.43. The van der Waals surface area contributed by atoms with E-state index in [1.165, 1.54) is 0 Å². The molecule has 2 amide bonds. The van der Waals surface area contributed by atoms with Gasteiger partial charge in [0.25, 0.3) is 0 Å². The number of benzene rings is 2. The lowest BCUT2D eigenvalue weighted by Crippen LogP contribution is -2.46. The Morgan fingerprint density at radius 1 is 1.00 bits per heavy atom. The molecule has 3 aromatic rings. The summed E-state index contributed by atoms with van der Waals surface area (Å²) in [6.07, 6.45) is 2.32. The molecule has 0 fully saturated rings. The minimum atomic E-state index is -0.671. The second-order valence-corrected chi connectivity index (χ2v) is 8.43. The Morgan fingerprint density at radius 2 is 1.75 bits per heavy atom. The Hall–Kier alpha value is -3.12. The molecule has 2 aromatic carbocycles. The van der Waals surface area contributed by atoms with Gasteiger partial charge < -0.3 is 15.6 Å². The summed E-state index contributed by atoms with van der Waals surface area (Å²) in [5.74, 6) is -0.560. The molecule has 3 rings (SSSR count). The number of nitrogens with zero attached hydrogens (tertiary/aromatic N) is 1. The molecule has 6 heteroatoms. The summed E-state index contributed by atoms with van der Waals surface area (Å²) in [5, 5.41) is 7.01. The van der Waals surface area contributed by atoms with E-state index in [-0.39, 0.29) is 17.7 Å².